The Balaban J connectivity index is 1.72. The van der Waals surface area contributed by atoms with Crippen LogP contribution >= 0.6 is 0 Å². The summed E-state index contributed by atoms with van der Waals surface area (Å²) in [6.07, 6.45) is 6.38. The molecule has 3 aromatic rings. The normalized spacial score (nSPS) is 10.5. The highest BCUT2D eigenvalue weighted by atomic mass is 16.5. The van der Waals surface area contributed by atoms with E-state index < -0.39 is 5.91 Å². The van der Waals surface area contributed by atoms with Crippen molar-refractivity contribution in [3.05, 3.63) is 84.3 Å². The van der Waals surface area contributed by atoms with E-state index in [1.165, 1.54) is 6.21 Å². The van der Waals surface area contributed by atoms with Crippen molar-refractivity contribution < 1.29 is 9.53 Å². The number of aromatic nitrogens is 2. The van der Waals surface area contributed by atoms with Gasteiger partial charge in [0.1, 0.15) is 11.3 Å². The summed E-state index contributed by atoms with van der Waals surface area (Å²) in [4.78, 5) is 20.4. The number of hydrazone groups is 1. The molecule has 118 valence electrons. The van der Waals surface area contributed by atoms with Crippen LogP contribution in [-0.4, -0.2) is 22.1 Å². The van der Waals surface area contributed by atoms with Crippen LogP contribution in [0.25, 0.3) is 0 Å². The molecule has 0 spiro atoms. The Labute approximate surface area is 138 Å². The third-order valence-corrected chi connectivity index (χ3v) is 3.04. The molecule has 6 nitrogen and oxygen atoms in total. The first-order valence-electron chi connectivity index (χ1n) is 7.24. The van der Waals surface area contributed by atoms with Crippen molar-refractivity contribution >= 4 is 12.1 Å². The first kappa shape index (κ1) is 15.4. The van der Waals surface area contributed by atoms with Crippen LogP contribution in [0.15, 0.2) is 78.3 Å². The van der Waals surface area contributed by atoms with Crippen LogP contribution in [0.2, 0.25) is 0 Å². The van der Waals surface area contributed by atoms with Gasteiger partial charge in [-0.05, 0) is 30.3 Å². The summed E-state index contributed by atoms with van der Waals surface area (Å²) in [7, 11) is 0. The van der Waals surface area contributed by atoms with E-state index in [0.717, 1.165) is 5.56 Å². The van der Waals surface area contributed by atoms with Crippen LogP contribution in [-0.2, 0) is 0 Å². The fourth-order valence-electron chi connectivity index (χ4n) is 1.92. The van der Waals surface area contributed by atoms with Gasteiger partial charge in [-0.25, -0.2) is 10.4 Å². The summed E-state index contributed by atoms with van der Waals surface area (Å²) in [5.74, 6) is 0.413. The largest absolute Gasteiger partial charge is 0.438 e. The van der Waals surface area contributed by atoms with Crippen LogP contribution in [0, 0.1) is 0 Å². The van der Waals surface area contributed by atoms with E-state index in [4.69, 9.17) is 4.74 Å². The molecule has 1 amide bonds. The number of benzene rings is 1. The van der Waals surface area contributed by atoms with Crippen LogP contribution < -0.4 is 10.2 Å². The van der Waals surface area contributed by atoms with Crippen LogP contribution in [0.3, 0.4) is 0 Å². The summed E-state index contributed by atoms with van der Waals surface area (Å²) >= 11 is 0. The molecule has 0 bridgehead atoms. The number of nitrogens with one attached hydrogen (secondary N) is 1. The third-order valence-electron chi connectivity index (χ3n) is 3.04. The van der Waals surface area contributed by atoms with Gasteiger partial charge < -0.3 is 4.74 Å². The van der Waals surface area contributed by atoms with Crippen molar-refractivity contribution in [2.24, 2.45) is 5.10 Å². The maximum absolute atomic E-state index is 12.3. The van der Waals surface area contributed by atoms with Crippen molar-refractivity contribution in [1.29, 1.82) is 0 Å². The average Bonchev–Trinajstić information content (AvgIpc) is 2.64. The Bertz CT molecular complexity index is 836. The molecule has 3 rings (SSSR count). The Hall–Kier alpha value is -3.54. The Morgan fingerprint density at radius 1 is 1.04 bits per heavy atom. The van der Waals surface area contributed by atoms with Gasteiger partial charge in [-0.2, -0.15) is 5.10 Å². The molecular formula is C18H14N4O2. The highest BCUT2D eigenvalue weighted by Crippen LogP contribution is 2.22. The minimum Gasteiger partial charge on any atom is -0.438 e. The number of hydrogen-bond acceptors (Lipinski definition) is 5. The van der Waals surface area contributed by atoms with Gasteiger partial charge in [0, 0.05) is 24.2 Å². The van der Waals surface area contributed by atoms with Gasteiger partial charge >= 0.3 is 0 Å². The van der Waals surface area contributed by atoms with E-state index in [2.05, 4.69) is 20.5 Å². The molecule has 0 atom stereocenters. The number of ether oxygens (including phenoxy) is 1. The van der Waals surface area contributed by atoms with Gasteiger partial charge in [-0.1, -0.05) is 24.3 Å². The molecule has 6 heteroatoms. The van der Waals surface area contributed by atoms with E-state index in [1.807, 2.05) is 24.3 Å². The summed E-state index contributed by atoms with van der Waals surface area (Å²) in [5, 5.41) is 3.92. The van der Waals surface area contributed by atoms with Gasteiger partial charge in [0.25, 0.3) is 5.91 Å². The monoisotopic (exact) mass is 318 g/mol. The van der Waals surface area contributed by atoms with Crippen LogP contribution in [0.5, 0.6) is 11.6 Å². The molecule has 2 heterocycles. The summed E-state index contributed by atoms with van der Waals surface area (Å²) in [5.41, 5.74) is 3.53. The second kappa shape index (κ2) is 7.64. The van der Waals surface area contributed by atoms with E-state index in [9.17, 15) is 4.79 Å². The molecule has 2 aromatic heterocycles. The van der Waals surface area contributed by atoms with Crippen molar-refractivity contribution in [2.75, 3.05) is 0 Å². The highest BCUT2D eigenvalue weighted by Gasteiger charge is 2.13. The van der Waals surface area contributed by atoms with Gasteiger partial charge in [0.15, 0.2) is 0 Å². The van der Waals surface area contributed by atoms with E-state index >= 15 is 0 Å². The van der Waals surface area contributed by atoms with Crippen molar-refractivity contribution in [1.82, 2.24) is 15.4 Å². The number of para-hydroxylation sites is 1. The third kappa shape index (κ3) is 4.01. The Morgan fingerprint density at radius 3 is 2.67 bits per heavy atom. The minimum absolute atomic E-state index is 0.220. The molecule has 0 unspecified atom stereocenters. The second-order valence-electron chi connectivity index (χ2n) is 4.76. The number of rotatable bonds is 5. The first-order chi connectivity index (χ1) is 11.8. The predicted molar refractivity (Wildman–Crippen MR) is 90.1 cm³/mol. The zero-order valence-electron chi connectivity index (χ0n) is 12.7. The topological polar surface area (TPSA) is 76.5 Å². The SMILES string of the molecule is O=C(N/N=C/c1cccnc1)c1cccnc1Oc1ccccc1. The van der Waals surface area contributed by atoms with E-state index in [0.29, 0.717) is 11.3 Å². The molecule has 0 fully saturated rings. The number of carbonyl (C=O) groups is 1. The molecule has 0 saturated heterocycles. The molecule has 1 N–H and O–H groups in total. The lowest BCUT2D eigenvalue weighted by atomic mass is 10.2. The first-order valence-corrected chi connectivity index (χ1v) is 7.24. The fraction of sp³-hybridized carbons (Fsp3) is 0. The molecule has 0 saturated carbocycles. The fourth-order valence-corrected chi connectivity index (χ4v) is 1.92. The van der Waals surface area contributed by atoms with Crippen LogP contribution in [0.4, 0.5) is 0 Å². The number of hydrogen-bond donors (Lipinski definition) is 1. The van der Waals surface area contributed by atoms with Crippen LogP contribution in [0.1, 0.15) is 15.9 Å². The lowest BCUT2D eigenvalue weighted by molar-refractivity contribution is 0.0952. The smallest absolute Gasteiger partial charge is 0.276 e. The lowest BCUT2D eigenvalue weighted by Gasteiger charge is -2.08. The summed E-state index contributed by atoms with van der Waals surface area (Å²) in [6, 6.07) is 16.1. The Morgan fingerprint density at radius 2 is 1.88 bits per heavy atom. The van der Waals surface area contributed by atoms with Crippen molar-refractivity contribution in [2.45, 2.75) is 0 Å². The molecular weight excluding hydrogens is 304 g/mol. The summed E-state index contributed by atoms with van der Waals surface area (Å²) < 4.78 is 5.66. The van der Waals surface area contributed by atoms with E-state index in [1.54, 1.807) is 48.9 Å². The van der Waals surface area contributed by atoms with Gasteiger partial charge in [0.2, 0.25) is 5.88 Å². The average molecular weight is 318 g/mol. The highest BCUT2D eigenvalue weighted by molar-refractivity contribution is 5.96. The standard InChI is InChI=1S/C18H14N4O2/c23-17(22-21-13-14-6-4-10-19-12-14)16-9-5-11-20-18(16)24-15-7-2-1-3-8-15/h1-13H,(H,22,23)/b21-13+. The summed E-state index contributed by atoms with van der Waals surface area (Å²) in [6.45, 7) is 0. The Kier molecular flexibility index (Phi) is 4.89. The van der Waals surface area contributed by atoms with Gasteiger partial charge in [0.05, 0.1) is 6.21 Å². The minimum atomic E-state index is -0.408. The van der Waals surface area contributed by atoms with Gasteiger partial charge in [-0.15, -0.1) is 0 Å². The number of carbonyl (C=O) groups excluding carboxylic acids is 1. The maximum atomic E-state index is 12.3. The number of pyridine rings is 2. The zero-order valence-corrected chi connectivity index (χ0v) is 12.7. The number of nitrogens with zero attached hydrogens (tertiary/aromatic N) is 3. The van der Waals surface area contributed by atoms with Gasteiger partial charge in [-0.3, -0.25) is 9.78 Å². The molecule has 1 aromatic carbocycles. The number of amides is 1. The molecule has 0 aliphatic heterocycles. The lowest BCUT2D eigenvalue weighted by Crippen LogP contribution is -2.18. The molecule has 0 radical (unpaired) electrons. The van der Waals surface area contributed by atoms with Crippen molar-refractivity contribution in [3.63, 3.8) is 0 Å². The van der Waals surface area contributed by atoms with Crippen molar-refractivity contribution in [3.8, 4) is 11.6 Å². The predicted octanol–water partition coefficient (Wildman–Crippen LogP) is 3.03. The maximum Gasteiger partial charge on any atom is 0.276 e. The molecule has 0 aliphatic rings. The molecule has 0 aliphatic carbocycles. The second-order valence-corrected chi connectivity index (χ2v) is 4.76. The molecule has 24 heavy (non-hydrogen) atoms. The zero-order chi connectivity index (χ0) is 16.6. The van der Waals surface area contributed by atoms with E-state index in [-0.39, 0.29) is 5.88 Å². The quantitative estimate of drug-likeness (QED) is 0.579.